The van der Waals surface area contributed by atoms with Crippen LogP contribution in [0.3, 0.4) is 0 Å². The van der Waals surface area contributed by atoms with Crippen molar-refractivity contribution in [1.29, 1.82) is 0 Å². The zero-order chi connectivity index (χ0) is 22.0. The zero-order valence-corrected chi connectivity index (χ0v) is 17.9. The minimum atomic E-state index is -0.803. The number of nitrogens with zero attached hydrogens (tertiary/aromatic N) is 1. The summed E-state index contributed by atoms with van der Waals surface area (Å²) < 4.78 is 10.8. The Morgan fingerprint density at radius 3 is 2.48 bits per heavy atom. The van der Waals surface area contributed by atoms with Gasteiger partial charge in [0.05, 0.1) is 30.7 Å². The maximum absolute atomic E-state index is 13.3. The Morgan fingerprint density at radius 2 is 1.84 bits per heavy atom. The Hall–Kier alpha value is -3.58. The summed E-state index contributed by atoms with van der Waals surface area (Å²) >= 11 is 1.26. The third-order valence-electron chi connectivity index (χ3n) is 5.22. The van der Waals surface area contributed by atoms with Crippen LogP contribution in [0.1, 0.15) is 26.8 Å². The van der Waals surface area contributed by atoms with Crippen LogP contribution in [0.15, 0.2) is 77.4 Å². The van der Waals surface area contributed by atoms with Gasteiger partial charge in [-0.3, -0.25) is 9.59 Å². The molecule has 1 aromatic heterocycles. The van der Waals surface area contributed by atoms with Gasteiger partial charge >= 0.3 is 0 Å². The van der Waals surface area contributed by atoms with Crippen LogP contribution in [-0.2, 0) is 11.3 Å². The van der Waals surface area contributed by atoms with Crippen molar-refractivity contribution in [3.63, 3.8) is 0 Å². The van der Waals surface area contributed by atoms with Crippen LogP contribution >= 0.6 is 11.3 Å². The Morgan fingerprint density at radius 1 is 1.06 bits per heavy atom. The zero-order valence-electron chi connectivity index (χ0n) is 17.1. The number of ketones is 1. The van der Waals surface area contributed by atoms with Gasteiger partial charge in [0.25, 0.3) is 5.91 Å². The highest BCUT2D eigenvalue weighted by atomic mass is 32.1. The minimum Gasteiger partial charge on any atom is -0.503 e. The van der Waals surface area contributed by atoms with E-state index in [9.17, 15) is 14.7 Å². The molecule has 2 heterocycles. The van der Waals surface area contributed by atoms with E-state index in [1.165, 1.54) is 23.3 Å². The van der Waals surface area contributed by atoms with Crippen molar-refractivity contribution in [2.45, 2.75) is 12.6 Å². The largest absolute Gasteiger partial charge is 0.503 e. The smallest absolute Gasteiger partial charge is 0.290 e. The molecule has 31 heavy (non-hydrogen) atoms. The number of carbonyl (C=O) groups excluding carboxylic acids is 2. The van der Waals surface area contributed by atoms with E-state index in [1.807, 2.05) is 30.3 Å². The predicted octanol–water partition coefficient (Wildman–Crippen LogP) is 4.54. The van der Waals surface area contributed by atoms with Crippen molar-refractivity contribution in [3.05, 3.63) is 93.4 Å². The molecule has 0 spiro atoms. The molecule has 4 rings (SSSR count). The average Bonchev–Trinajstić information content (AvgIpc) is 3.42. The molecule has 2 aromatic carbocycles. The fourth-order valence-corrected chi connectivity index (χ4v) is 4.41. The molecule has 1 N–H and O–H groups in total. The monoisotopic (exact) mass is 435 g/mol. The second-order valence-electron chi connectivity index (χ2n) is 7.00. The SMILES string of the molecule is COc1ccc(C2C(C(=O)c3cccs3)=C(O)C(=O)N2Cc2ccccc2)c(OC)c1. The number of Topliss-reactive ketones (excluding diaryl/α,β-unsaturated/α-hetero) is 1. The second kappa shape index (κ2) is 8.65. The van der Waals surface area contributed by atoms with E-state index in [4.69, 9.17) is 9.47 Å². The van der Waals surface area contributed by atoms with Crippen LogP contribution in [0.4, 0.5) is 0 Å². The van der Waals surface area contributed by atoms with Crippen molar-refractivity contribution >= 4 is 23.0 Å². The van der Waals surface area contributed by atoms with Gasteiger partial charge < -0.3 is 19.5 Å². The standard InChI is InChI=1S/C24H21NO5S/c1-29-16-10-11-17(18(13-16)30-2)21-20(22(26)19-9-6-12-31-19)23(27)24(28)25(21)14-15-7-4-3-5-8-15/h3-13,21,27H,14H2,1-2H3. The molecule has 3 aromatic rings. The Kier molecular flexibility index (Phi) is 5.77. The van der Waals surface area contributed by atoms with Crippen molar-refractivity contribution < 1.29 is 24.2 Å². The summed E-state index contributed by atoms with van der Waals surface area (Å²) in [7, 11) is 3.06. The normalized spacial score (nSPS) is 16.0. The van der Waals surface area contributed by atoms with E-state index in [0.717, 1.165) is 5.56 Å². The van der Waals surface area contributed by atoms with Gasteiger partial charge in [0.1, 0.15) is 11.5 Å². The van der Waals surface area contributed by atoms with Crippen LogP contribution in [-0.4, -0.2) is 35.9 Å². The summed E-state index contributed by atoms with van der Waals surface area (Å²) in [6.07, 6.45) is 0. The lowest BCUT2D eigenvalue weighted by Crippen LogP contribution is -2.31. The minimum absolute atomic E-state index is 0.0480. The highest BCUT2D eigenvalue weighted by molar-refractivity contribution is 7.12. The number of carbonyl (C=O) groups is 2. The number of hydrogen-bond acceptors (Lipinski definition) is 6. The molecule has 0 saturated carbocycles. The Bertz CT molecular complexity index is 1140. The maximum atomic E-state index is 13.3. The fourth-order valence-electron chi connectivity index (χ4n) is 3.74. The highest BCUT2D eigenvalue weighted by Gasteiger charge is 2.45. The molecule has 6 nitrogen and oxygen atoms in total. The molecule has 1 aliphatic rings. The van der Waals surface area contributed by atoms with Gasteiger partial charge in [-0.1, -0.05) is 36.4 Å². The predicted molar refractivity (Wildman–Crippen MR) is 118 cm³/mol. The van der Waals surface area contributed by atoms with Gasteiger partial charge in [0.15, 0.2) is 5.76 Å². The molecular weight excluding hydrogens is 414 g/mol. The second-order valence-corrected chi connectivity index (χ2v) is 7.95. The first-order valence-electron chi connectivity index (χ1n) is 9.63. The van der Waals surface area contributed by atoms with Crippen LogP contribution in [0.25, 0.3) is 0 Å². The fraction of sp³-hybridized carbons (Fsp3) is 0.167. The number of ether oxygens (including phenoxy) is 2. The van der Waals surface area contributed by atoms with E-state index in [0.29, 0.717) is 21.9 Å². The highest BCUT2D eigenvalue weighted by Crippen LogP contribution is 2.44. The van der Waals surface area contributed by atoms with Crippen molar-refractivity contribution in [3.8, 4) is 11.5 Å². The molecule has 7 heteroatoms. The lowest BCUT2D eigenvalue weighted by atomic mass is 9.94. The maximum Gasteiger partial charge on any atom is 0.290 e. The van der Waals surface area contributed by atoms with Gasteiger partial charge in [-0.15, -0.1) is 11.3 Å². The Labute approximate surface area is 184 Å². The van der Waals surface area contributed by atoms with Crippen LogP contribution in [0.2, 0.25) is 0 Å². The number of aliphatic hydroxyl groups is 1. The average molecular weight is 436 g/mol. The molecule has 0 bridgehead atoms. The number of benzene rings is 2. The van der Waals surface area contributed by atoms with E-state index >= 15 is 0 Å². The first-order valence-corrected chi connectivity index (χ1v) is 10.5. The van der Waals surface area contributed by atoms with E-state index < -0.39 is 17.7 Å². The van der Waals surface area contributed by atoms with Gasteiger partial charge in [-0.25, -0.2) is 0 Å². The van der Waals surface area contributed by atoms with Crippen molar-refractivity contribution in [2.75, 3.05) is 14.2 Å². The van der Waals surface area contributed by atoms with Gasteiger partial charge in [0, 0.05) is 18.2 Å². The number of rotatable bonds is 7. The summed E-state index contributed by atoms with van der Waals surface area (Å²) in [5.41, 5.74) is 1.52. The van der Waals surface area contributed by atoms with Gasteiger partial charge in [0.2, 0.25) is 5.78 Å². The first-order chi connectivity index (χ1) is 15.0. The quantitative estimate of drug-likeness (QED) is 0.551. The molecule has 1 unspecified atom stereocenters. The molecule has 1 atom stereocenters. The van der Waals surface area contributed by atoms with Crippen LogP contribution < -0.4 is 9.47 Å². The molecule has 1 amide bonds. The summed E-state index contributed by atoms with van der Waals surface area (Å²) in [4.78, 5) is 28.4. The lowest BCUT2D eigenvalue weighted by molar-refractivity contribution is -0.130. The summed E-state index contributed by atoms with van der Waals surface area (Å²) in [6.45, 7) is 0.227. The molecule has 0 radical (unpaired) electrons. The number of aliphatic hydroxyl groups excluding tert-OH is 1. The lowest BCUT2D eigenvalue weighted by Gasteiger charge is -2.28. The number of amides is 1. The van der Waals surface area contributed by atoms with E-state index in [-0.39, 0.29) is 17.9 Å². The Balaban J connectivity index is 1.85. The molecule has 158 valence electrons. The summed E-state index contributed by atoms with van der Waals surface area (Å²) in [5.74, 6) is -0.455. The number of hydrogen-bond donors (Lipinski definition) is 1. The first kappa shape index (κ1) is 20.7. The molecule has 1 aliphatic heterocycles. The third-order valence-corrected chi connectivity index (χ3v) is 6.09. The molecule has 0 aliphatic carbocycles. The number of methoxy groups -OCH3 is 2. The van der Waals surface area contributed by atoms with E-state index in [1.54, 1.807) is 42.8 Å². The topological polar surface area (TPSA) is 76.1 Å². The molecular formula is C24H21NO5S. The van der Waals surface area contributed by atoms with Crippen molar-refractivity contribution in [1.82, 2.24) is 4.90 Å². The molecule has 0 saturated heterocycles. The van der Waals surface area contributed by atoms with Crippen LogP contribution in [0.5, 0.6) is 11.5 Å². The number of thiophene rings is 1. The van der Waals surface area contributed by atoms with Gasteiger partial charge in [-0.05, 0) is 29.1 Å². The van der Waals surface area contributed by atoms with Crippen molar-refractivity contribution in [2.24, 2.45) is 0 Å². The van der Waals surface area contributed by atoms with Gasteiger partial charge in [-0.2, -0.15) is 0 Å². The molecule has 0 fully saturated rings. The summed E-state index contributed by atoms with van der Waals surface area (Å²) in [5, 5.41) is 12.6. The summed E-state index contributed by atoms with van der Waals surface area (Å²) in [6, 6.07) is 17.3. The van der Waals surface area contributed by atoms with Crippen LogP contribution in [0, 0.1) is 0 Å². The third kappa shape index (κ3) is 3.80. The van der Waals surface area contributed by atoms with E-state index in [2.05, 4.69) is 0 Å².